The summed E-state index contributed by atoms with van der Waals surface area (Å²) in [6.45, 7) is 1.76. The molecular formula is C15H20N2O2. The number of carbonyl (C=O) groups excluding carboxylic acids is 1. The average molecular weight is 260 g/mol. The second kappa shape index (κ2) is 5.92. The van der Waals surface area contributed by atoms with Crippen LogP contribution in [0.5, 0.6) is 0 Å². The minimum absolute atomic E-state index is 0.201. The van der Waals surface area contributed by atoms with Crippen LogP contribution in [-0.4, -0.2) is 11.4 Å². The molecule has 0 aliphatic heterocycles. The van der Waals surface area contributed by atoms with Crippen LogP contribution in [0.25, 0.3) is 0 Å². The second-order valence-electron chi connectivity index (χ2n) is 5.31. The third kappa shape index (κ3) is 3.17. The van der Waals surface area contributed by atoms with Gasteiger partial charge in [-0.25, -0.2) is 0 Å². The molecule has 1 aromatic rings. The molecule has 4 heteroatoms. The molecule has 102 valence electrons. The van der Waals surface area contributed by atoms with E-state index in [1.165, 1.54) is 12.7 Å². The van der Waals surface area contributed by atoms with Crippen LogP contribution in [0.2, 0.25) is 0 Å². The monoisotopic (exact) mass is 260 g/mol. The number of nitrogens with zero attached hydrogens (tertiary/aromatic N) is 1. The highest BCUT2D eigenvalue weighted by Gasteiger charge is 2.32. The fraction of sp³-hybridized carbons (Fsp3) is 0.600. The van der Waals surface area contributed by atoms with Gasteiger partial charge in [-0.15, -0.1) is 0 Å². The van der Waals surface area contributed by atoms with E-state index in [9.17, 15) is 10.1 Å². The highest BCUT2D eigenvalue weighted by atomic mass is 16.3. The van der Waals surface area contributed by atoms with Crippen LogP contribution in [0.3, 0.4) is 0 Å². The van der Waals surface area contributed by atoms with Gasteiger partial charge >= 0.3 is 0 Å². The molecule has 2 rings (SSSR count). The summed E-state index contributed by atoms with van der Waals surface area (Å²) >= 11 is 0. The normalized spacial score (nSPS) is 18.9. The van der Waals surface area contributed by atoms with Crippen LogP contribution in [0.1, 0.15) is 61.1 Å². The average Bonchev–Trinajstić information content (AvgIpc) is 2.79. The van der Waals surface area contributed by atoms with Crippen molar-refractivity contribution in [3.8, 4) is 6.07 Å². The molecule has 1 heterocycles. The smallest absolute Gasteiger partial charge is 0.256 e. The van der Waals surface area contributed by atoms with Gasteiger partial charge in [0, 0.05) is 0 Å². The first kappa shape index (κ1) is 13.7. The van der Waals surface area contributed by atoms with E-state index in [-0.39, 0.29) is 5.91 Å². The van der Waals surface area contributed by atoms with Gasteiger partial charge in [-0.2, -0.15) is 5.26 Å². The van der Waals surface area contributed by atoms with Crippen molar-refractivity contribution in [2.45, 2.75) is 57.4 Å². The summed E-state index contributed by atoms with van der Waals surface area (Å²) in [6, 6.07) is 3.99. The van der Waals surface area contributed by atoms with E-state index in [0.29, 0.717) is 11.3 Å². The van der Waals surface area contributed by atoms with E-state index in [1.807, 2.05) is 0 Å². The van der Waals surface area contributed by atoms with Crippen molar-refractivity contribution in [2.75, 3.05) is 0 Å². The lowest BCUT2D eigenvalue weighted by atomic mass is 9.85. The Kier molecular flexibility index (Phi) is 4.26. The van der Waals surface area contributed by atoms with E-state index in [0.717, 1.165) is 38.5 Å². The molecule has 1 amide bonds. The zero-order chi connectivity index (χ0) is 13.7. The van der Waals surface area contributed by atoms with Crippen molar-refractivity contribution in [3.05, 3.63) is 23.7 Å². The minimum Gasteiger partial charge on any atom is -0.469 e. The summed E-state index contributed by atoms with van der Waals surface area (Å²) in [5.74, 6) is 0.393. The van der Waals surface area contributed by atoms with Crippen molar-refractivity contribution in [2.24, 2.45) is 0 Å². The summed E-state index contributed by atoms with van der Waals surface area (Å²) < 4.78 is 5.14. The van der Waals surface area contributed by atoms with E-state index in [1.54, 1.807) is 13.0 Å². The molecule has 0 atom stereocenters. The van der Waals surface area contributed by atoms with Crippen LogP contribution in [0.15, 0.2) is 16.7 Å². The van der Waals surface area contributed by atoms with E-state index >= 15 is 0 Å². The largest absolute Gasteiger partial charge is 0.469 e. The van der Waals surface area contributed by atoms with Crippen LogP contribution >= 0.6 is 0 Å². The number of nitriles is 1. The van der Waals surface area contributed by atoms with Gasteiger partial charge in [-0.05, 0) is 25.8 Å². The molecule has 0 aromatic carbocycles. The lowest BCUT2D eigenvalue weighted by Crippen LogP contribution is -2.47. The van der Waals surface area contributed by atoms with Gasteiger partial charge in [0.1, 0.15) is 11.3 Å². The Hall–Kier alpha value is -1.76. The second-order valence-corrected chi connectivity index (χ2v) is 5.31. The van der Waals surface area contributed by atoms with Crippen LogP contribution in [-0.2, 0) is 0 Å². The summed E-state index contributed by atoms with van der Waals surface area (Å²) in [6.07, 6.45) is 8.50. The SMILES string of the molecule is Cc1occc1C(=O)NC1(C#N)CCCCCCC1. The number of hydrogen-bond acceptors (Lipinski definition) is 3. The zero-order valence-corrected chi connectivity index (χ0v) is 11.4. The van der Waals surface area contributed by atoms with Gasteiger partial charge in [-0.3, -0.25) is 4.79 Å². The van der Waals surface area contributed by atoms with E-state index < -0.39 is 5.54 Å². The number of furan rings is 1. The maximum absolute atomic E-state index is 12.2. The molecule has 0 radical (unpaired) electrons. The van der Waals surface area contributed by atoms with E-state index in [2.05, 4.69) is 11.4 Å². The first-order chi connectivity index (χ1) is 9.17. The topological polar surface area (TPSA) is 66.0 Å². The number of amides is 1. The zero-order valence-electron chi connectivity index (χ0n) is 11.4. The maximum atomic E-state index is 12.2. The Morgan fingerprint density at radius 2 is 1.95 bits per heavy atom. The van der Waals surface area contributed by atoms with Crippen molar-refractivity contribution < 1.29 is 9.21 Å². The number of hydrogen-bond donors (Lipinski definition) is 1. The molecule has 1 aromatic heterocycles. The first-order valence-electron chi connectivity index (χ1n) is 6.95. The number of nitrogens with one attached hydrogen (secondary N) is 1. The van der Waals surface area contributed by atoms with Crippen molar-refractivity contribution in [3.63, 3.8) is 0 Å². The molecule has 1 N–H and O–H groups in total. The van der Waals surface area contributed by atoms with Gasteiger partial charge in [0.15, 0.2) is 0 Å². The van der Waals surface area contributed by atoms with Gasteiger partial charge < -0.3 is 9.73 Å². The minimum atomic E-state index is -0.707. The first-order valence-corrected chi connectivity index (χ1v) is 6.95. The van der Waals surface area contributed by atoms with Crippen molar-refractivity contribution in [1.29, 1.82) is 5.26 Å². The van der Waals surface area contributed by atoms with Crippen LogP contribution in [0.4, 0.5) is 0 Å². The Morgan fingerprint density at radius 1 is 1.32 bits per heavy atom. The third-order valence-corrected chi connectivity index (χ3v) is 3.88. The summed E-state index contributed by atoms with van der Waals surface area (Å²) in [5.41, 5.74) is -0.182. The Morgan fingerprint density at radius 3 is 2.47 bits per heavy atom. The molecule has 0 saturated heterocycles. The Bertz CT molecular complexity index is 477. The van der Waals surface area contributed by atoms with Crippen LogP contribution in [0, 0.1) is 18.3 Å². The highest BCUT2D eigenvalue weighted by Crippen LogP contribution is 2.26. The van der Waals surface area contributed by atoms with Gasteiger partial charge in [0.2, 0.25) is 0 Å². The number of rotatable bonds is 2. The molecule has 0 spiro atoms. The molecule has 4 nitrogen and oxygen atoms in total. The lowest BCUT2D eigenvalue weighted by Gasteiger charge is -2.29. The molecule has 1 fully saturated rings. The Labute approximate surface area is 113 Å². The maximum Gasteiger partial charge on any atom is 0.256 e. The molecule has 0 unspecified atom stereocenters. The molecule has 0 bridgehead atoms. The van der Waals surface area contributed by atoms with Gasteiger partial charge in [0.25, 0.3) is 5.91 Å². The summed E-state index contributed by atoms with van der Waals surface area (Å²) in [7, 11) is 0. The van der Waals surface area contributed by atoms with E-state index in [4.69, 9.17) is 4.42 Å². The van der Waals surface area contributed by atoms with Gasteiger partial charge in [-0.1, -0.05) is 32.1 Å². The molecule has 1 saturated carbocycles. The molecule has 1 aliphatic carbocycles. The van der Waals surface area contributed by atoms with Gasteiger partial charge in [0.05, 0.1) is 17.9 Å². The van der Waals surface area contributed by atoms with Crippen molar-refractivity contribution in [1.82, 2.24) is 5.32 Å². The number of aryl methyl sites for hydroxylation is 1. The predicted molar refractivity (Wildman–Crippen MR) is 71.6 cm³/mol. The fourth-order valence-electron chi connectivity index (χ4n) is 2.68. The Balaban J connectivity index is 2.11. The van der Waals surface area contributed by atoms with Crippen LogP contribution < -0.4 is 5.32 Å². The molecular weight excluding hydrogens is 240 g/mol. The lowest BCUT2D eigenvalue weighted by molar-refractivity contribution is 0.0906. The molecule has 1 aliphatic rings. The number of carbonyl (C=O) groups is 1. The quantitative estimate of drug-likeness (QED) is 0.887. The highest BCUT2D eigenvalue weighted by molar-refractivity contribution is 5.95. The fourth-order valence-corrected chi connectivity index (χ4v) is 2.68. The standard InChI is InChI=1S/C15H20N2O2/c1-12-13(7-10-19-12)14(18)17-15(11-16)8-5-3-2-4-6-9-15/h7,10H,2-6,8-9H2,1H3,(H,17,18). The summed E-state index contributed by atoms with van der Waals surface area (Å²) in [5, 5.41) is 12.4. The predicted octanol–water partition coefficient (Wildman–Crippen LogP) is 3.32. The van der Waals surface area contributed by atoms with Crippen molar-refractivity contribution >= 4 is 5.91 Å². The summed E-state index contributed by atoms with van der Waals surface area (Å²) in [4.78, 5) is 12.2. The molecule has 19 heavy (non-hydrogen) atoms. The third-order valence-electron chi connectivity index (χ3n) is 3.88.